The Morgan fingerprint density at radius 2 is 2.11 bits per heavy atom. The minimum atomic E-state index is -0.0382. The third kappa shape index (κ3) is 4.10. The average Bonchev–Trinajstić information content (AvgIpc) is 2.71. The lowest BCUT2D eigenvalue weighted by atomic mass is 10.0. The molecule has 0 bridgehead atoms. The van der Waals surface area contributed by atoms with Crippen LogP contribution in [0.15, 0.2) is 0 Å². The van der Waals surface area contributed by atoms with Crippen molar-refractivity contribution in [2.45, 2.75) is 45.2 Å². The molecule has 1 fully saturated rings. The van der Waals surface area contributed by atoms with Gasteiger partial charge < -0.3 is 15.0 Å². The minimum Gasteiger partial charge on any atom is -0.378 e. The summed E-state index contributed by atoms with van der Waals surface area (Å²) in [6, 6.07) is 0.402. The largest absolute Gasteiger partial charge is 0.378 e. The summed E-state index contributed by atoms with van der Waals surface area (Å²) in [6.45, 7) is 6.91. The second kappa shape index (κ2) is 6.90. The summed E-state index contributed by atoms with van der Waals surface area (Å²) in [5.74, 6) is 0.0169. The van der Waals surface area contributed by atoms with Crippen molar-refractivity contribution in [1.29, 1.82) is 0 Å². The van der Waals surface area contributed by atoms with Gasteiger partial charge in [-0.1, -0.05) is 13.8 Å². The Labute approximate surface area is 110 Å². The van der Waals surface area contributed by atoms with Crippen LogP contribution in [0.2, 0.25) is 6.32 Å². The molecule has 1 saturated heterocycles. The van der Waals surface area contributed by atoms with Crippen molar-refractivity contribution in [3.05, 3.63) is 0 Å². The van der Waals surface area contributed by atoms with Crippen molar-refractivity contribution in [1.82, 2.24) is 10.2 Å². The quantitative estimate of drug-likeness (QED) is 0.632. The van der Waals surface area contributed by atoms with E-state index in [1.807, 2.05) is 7.85 Å². The van der Waals surface area contributed by atoms with Gasteiger partial charge in [-0.05, 0) is 13.2 Å². The van der Waals surface area contributed by atoms with Gasteiger partial charge in [0.25, 0.3) is 0 Å². The average molecular weight is 254 g/mol. The first-order valence-electron chi connectivity index (χ1n) is 6.58. The molecule has 0 saturated carbocycles. The Kier molecular flexibility index (Phi) is 5.82. The lowest BCUT2D eigenvalue weighted by molar-refractivity contribution is -0.135. The van der Waals surface area contributed by atoms with Crippen LogP contribution in [-0.4, -0.2) is 62.3 Å². The Morgan fingerprint density at radius 3 is 2.61 bits per heavy atom. The van der Waals surface area contributed by atoms with Gasteiger partial charge in [-0.15, -0.1) is 0 Å². The van der Waals surface area contributed by atoms with Crippen LogP contribution in [0.25, 0.3) is 0 Å². The van der Waals surface area contributed by atoms with E-state index in [-0.39, 0.29) is 30.3 Å². The Morgan fingerprint density at radius 1 is 1.44 bits per heavy atom. The number of rotatable bonds is 6. The predicted octanol–water partition coefficient (Wildman–Crippen LogP) is -0.779. The molecule has 0 radical (unpaired) electrons. The summed E-state index contributed by atoms with van der Waals surface area (Å²) in [4.78, 5) is 24.9. The maximum absolute atomic E-state index is 12.0. The summed E-state index contributed by atoms with van der Waals surface area (Å²) < 4.78 is 5.46. The van der Waals surface area contributed by atoms with Crippen molar-refractivity contribution in [3.63, 3.8) is 0 Å². The molecule has 5 nitrogen and oxygen atoms in total. The third-order valence-electron chi connectivity index (χ3n) is 3.01. The van der Waals surface area contributed by atoms with E-state index in [0.717, 1.165) is 0 Å². The Bertz CT molecular complexity index is 310. The molecule has 2 unspecified atom stereocenters. The standard InChI is InChI=1S/C12H23BN2O3/c1-8(2)14-10-6-18-7-11(10)15(5-9(3)16)12(17)4-13/h8,10-11,14H,4-7,13H2,1-3H3. The van der Waals surface area contributed by atoms with E-state index in [4.69, 9.17) is 4.74 Å². The number of carbonyl (C=O) groups is 2. The van der Waals surface area contributed by atoms with Gasteiger partial charge in [0.15, 0.2) is 0 Å². The summed E-state index contributed by atoms with van der Waals surface area (Å²) >= 11 is 0. The maximum atomic E-state index is 12.0. The van der Waals surface area contributed by atoms with Crippen LogP contribution >= 0.6 is 0 Å². The fraction of sp³-hybridized carbons (Fsp3) is 0.833. The Balaban J connectivity index is 2.76. The third-order valence-corrected chi connectivity index (χ3v) is 3.01. The van der Waals surface area contributed by atoms with E-state index in [1.54, 1.807) is 4.90 Å². The fourth-order valence-electron chi connectivity index (χ4n) is 2.27. The molecule has 1 rings (SSSR count). The topological polar surface area (TPSA) is 58.6 Å². The van der Waals surface area contributed by atoms with Crippen LogP contribution in [0, 0.1) is 0 Å². The molecule has 1 heterocycles. The number of ketones is 1. The van der Waals surface area contributed by atoms with Crippen molar-refractivity contribution in [3.8, 4) is 0 Å². The van der Waals surface area contributed by atoms with Crippen molar-refractivity contribution < 1.29 is 14.3 Å². The fourth-order valence-corrected chi connectivity index (χ4v) is 2.27. The van der Waals surface area contributed by atoms with Crippen LogP contribution in [0.1, 0.15) is 20.8 Å². The molecule has 0 aromatic rings. The van der Waals surface area contributed by atoms with Gasteiger partial charge in [0, 0.05) is 6.04 Å². The molecule has 18 heavy (non-hydrogen) atoms. The number of carbonyl (C=O) groups excluding carboxylic acids is 2. The molecule has 1 N–H and O–H groups in total. The van der Waals surface area contributed by atoms with E-state index >= 15 is 0 Å². The number of nitrogens with one attached hydrogen (secondary N) is 1. The number of nitrogens with zero attached hydrogens (tertiary/aromatic N) is 1. The number of hydrogen-bond donors (Lipinski definition) is 1. The summed E-state index contributed by atoms with van der Waals surface area (Å²) in [5.41, 5.74) is 0. The van der Waals surface area contributed by atoms with E-state index in [9.17, 15) is 9.59 Å². The van der Waals surface area contributed by atoms with Gasteiger partial charge in [0.05, 0.1) is 31.8 Å². The molecule has 0 spiro atoms. The first-order chi connectivity index (χ1) is 8.45. The number of Topliss-reactive ketones (excluding diaryl/α,β-unsaturated/α-hetero) is 1. The zero-order valence-corrected chi connectivity index (χ0v) is 11.7. The maximum Gasteiger partial charge on any atom is 0.215 e. The monoisotopic (exact) mass is 254 g/mol. The summed E-state index contributed by atoms with van der Waals surface area (Å²) in [5, 5.41) is 3.39. The first-order valence-corrected chi connectivity index (χ1v) is 6.58. The van der Waals surface area contributed by atoms with E-state index < -0.39 is 0 Å². The lowest BCUT2D eigenvalue weighted by Crippen LogP contribution is -2.54. The molecular weight excluding hydrogens is 231 g/mol. The van der Waals surface area contributed by atoms with Crippen LogP contribution in [-0.2, 0) is 14.3 Å². The van der Waals surface area contributed by atoms with Gasteiger partial charge in [0.1, 0.15) is 13.6 Å². The molecule has 1 amide bonds. The van der Waals surface area contributed by atoms with Crippen molar-refractivity contribution >= 4 is 19.5 Å². The number of ether oxygens (including phenoxy) is 1. The smallest absolute Gasteiger partial charge is 0.215 e. The number of amides is 1. The lowest BCUT2D eigenvalue weighted by Gasteiger charge is -2.32. The summed E-state index contributed by atoms with van der Waals surface area (Å²) in [7, 11) is 1.82. The minimum absolute atomic E-state index is 0.00648. The molecule has 1 aliphatic rings. The predicted molar refractivity (Wildman–Crippen MR) is 72.4 cm³/mol. The van der Waals surface area contributed by atoms with Crippen LogP contribution in [0.4, 0.5) is 0 Å². The normalized spacial score (nSPS) is 23.3. The van der Waals surface area contributed by atoms with E-state index in [2.05, 4.69) is 19.2 Å². The van der Waals surface area contributed by atoms with Gasteiger partial charge in [-0.3, -0.25) is 9.59 Å². The number of hydrogen-bond acceptors (Lipinski definition) is 4. The summed E-state index contributed by atoms with van der Waals surface area (Å²) in [6.07, 6.45) is 0.415. The van der Waals surface area contributed by atoms with Gasteiger partial charge >= 0.3 is 0 Å². The molecule has 0 aromatic heterocycles. The van der Waals surface area contributed by atoms with Crippen molar-refractivity contribution in [2.75, 3.05) is 19.8 Å². The van der Waals surface area contributed by atoms with Gasteiger partial charge in [-0.2, -0.15) is 0 Å². The van der Waals surface area contributed by atoms with Crippen molar-refractivity contribution in [2.24, 2.45) is 0 Å². The van der Waals surface area contributed by atoms with E-state index in [0.29, 0.717) is 25.6 Å². The second-order valence-corrected chi connectivity index (χ2v) is 5.11. The molecule has 102 valence electrons. The highest BCUT2D eigenvalue weighted by Gasteiger charge is 2.35. The zero-order chi connectivity index (χ0) is 13.7. The van der Waals surface area contributed by atoms with Gasteiger partial charge in [-0.25, -0.2) is 0 Å². The van der Waals surface area contributed by atoms with E-state index in [1.165, 1.54) is 6.92 Å². The second-order valence-electron chi connectivity index (χ2n) is 5.11. The molecule has 0 aromatic carbocycles. The van der Waals surface area contributed by atoms with Gasteiger partial charge in [0.2, 0.25) is 5.91 Å². The zero-order valence-electron chi connectivity index (χ0n) is 11.7. The van der Waals surface area contributed by atoms with Crippen LogP contribution < -0.4 is 5.32 Å². The highest BCUT2D eigenvalue weighted by atomic mass is 16.5. The Hall–Kier alpha value is -0.875. The molecule has 0 aliphatic carbocycles. The highest BCUT2D eigenvalue weighted by Crippen LogP contribution is 2.15. The SMILES string of the molecule is BCC(=O)N(CC(C)=O)C1COCC1NC(C)C. The molecule has 1 aliphatic heterocycles. The first kappa shape index (κ1) is 15.2. The van der Waals surface area contributed by atoms with Crippen LogP contribution in [0.5, 0.6) is 0 Å². The highest BCUT2D eigenvalue weighted by molar-refractivity contribution is 6.19. The molecule has 2 atom stereocenters. The van der Waals surface area contributed by atoms with Crippen LogP contribution in [0.3, 0.4) is 0 Å². The molecular formula is C12H23BN2O3. The molecule has 6 heteroatoms.